The fourth-order valence-corrected chi connectivity index (χ4v) is 3.63. The maximum atomic E-state index is 13.8. The number of esters is 1. The van der Waals surface area contributed by atoms with E-state index in [1.165, 1.54) is 14.2 Å². The first kappa shape index (κ1) is 19.5. The van der Waals surface area contributed by atoms with Gasteiger partial charge in [-0.25, -0.2) is 13.6 Å². The highest BCUT2D eigenvalue weighted by Gasteiger charge is 2.47. The van der Waals surface area contributed by atoms with Gasteiger partial charge in [-0.15, -0.1) is 0 Å². The summed E-state index contributed by atoms with van der Waals surface area (Å²) in [4.78, 5) is 11.9. The van der Waals surface area contributed by atoms with Crippen molar-refractivity contribution in [1.82, 2.24) is 9.78 Å². The minimum absolute atomic E-state index is 0.0761. The Bertz CT molecular complexity index is 829. The molecular formula is C18H22F2N2O5. The molecule has 0 radical (unpaired) electrons. The van der Waals surface area contributed by atoms with E-state index in [4.69, 9.17) is 19.7 Å². The third-order valence-electron chi connectivity index (χ3n) is 5.21. The first-order valence-corrected chi connectivity index (χ1v) is 8.67. The summed E-state index contributed by atoms with van der Waals surface area (Å²) in [5.74, 6) is -4.75. The number of nitrogens with zero attached hydrogens (tertiary/aromatic N) is 2. The third-order valence-corrected chi connectivity index (χ3v) is 5.21. The molecule has 3 rings (SSSR count). The molecule has 2 aromatic rings. The van der Waals surface area contributed by atoms with Gasteiger partial charge in [0.25, 0.3) is 5.92 Å². The molecule has 7 nitrogen and oxygen atoms in total. The number of carbonyl (C=O) groups is 1. The minimum Gasteiger partial charge on any atom is -0.496 e. The molecule has 0 saturated heterocycles. The fourth-order valence-electron chi connectivity index (χ4n) is 3.63. The molecule has 1 saturated carbocycles. The van der Waals surface area contributed by atoms with Crippen LogP contribution < -0.4 is 4.74 Å². The second kappa shape index (κ2) is 7.40. The number of hydrogen-bond donors (Lipinski definition) is 2. The van der Waals surface area contributed by atoms with Crippen LogP contribution in [0.4, 0.5) is 8.78 Å². The zero-order valence-electron chi connectivity index (χ0n) is 15.1. The van der Waals surface area contributed by atoms with E-state index in [0.29, 0.717) is 24.1 Å². The van der Waals surface area contributed by atoms with E-state index in [9.17, 15) is 13.6 Å². The standard InChI is InChI=1S/C18H22F2N2O5/c1-26-15-8-14-10(7-13(15)16(23)27-2)9-22(21-14)12-5-3-11(4-6-12)18(19,20)17(24)25/h7-9,11-12,17,24-25H,3-6H2,1-2H3. The molecule has 9 heteroatoms. The second-order valence-electron chi connectivity index (χ2n) is 6.77. The topological polar surface area (TPSA) is 93.8 Å². The zero-order valence-corrected chi connectivity index (χ0v) is 15.1. The molecule has 1 heterocycles. The molecule has 0 amide bonds. The number of ether oxygens (including phenoxy) is 2. The van der Waals surface area contributed by atoms with Crippen molar-refractivity contribution in [2.24, 2.45) is 5.92 Å². The van der Waals surface area contributed by atoms with Crippen molar-refractivity contribution in [3.63, 3.8) is 0 Å². The molecule has 1 aliphatic carbocycles. The van der Waals surface area contributed by atoms with Crippen LogP contribution in [0.3, 0.4) is 0 Å². The summed E-state index contributed by atoms with van der Waals surface area (Å²) in [6.45, 7) is 0. The van der Waals surface area contributed by atoms with Crippen LogP contribution >= 0.6 is 0 Å². The van der Waals surface area contributed by atoms with Crippen LogP contribution in [0.15, 0.2) is 18.3 Å². The number of aromatic nitrogens is 2. The van der Waals surface area contributed by atoms with Gasteiger partial charge < -0.3 is 19.7 Å². The summed E-state index contributed by atoms with van der Waals surface area (Å²) < 4.78 is 39.3. The molecule has 1 fully saturated rings. The fraction of sp³-hybridized carbons (Fsp3) is 0.556. The van der Waals surface area contributed by atoms with Crippen molar-refractivity contribution in [2.75, 3.05) is 14.2 Å². The number of rotatable bonds is 5. The molecule has 0 unspecified atom stereocenters. The monoisotopic (exact) mass is 384 g/mol. The number of halogens is 2. The molecule has 2 N–H and O–H groups in total. The average molecular weight is 384 g/mol. The number of aliphatic hydroxyl groups excluding tert-OH is 1. The Labute approximate surface area is 154 Å². The normalized spacial score (nSPS) is 20.9. The van der Waals surface area contributed by atoms with E-state index in [1.807, 2.05) is 0 Å². The van der Waals surface area contributed by atoms with Gasteiger partial charge in [0.05, 0.1) is 25.8 Å². The van der Waals surface area contributed by atoms with Crippen molar-refractivity contribution >= 4 is 16.9 Å². The summed E-state index contributed by atoms with van der Waals surface area (Å²) in [7, 11) is 2.73. The van der Waals surface area contributed by atoms with Crippen LogP contribution in [0.25, 0.3) is 10.9 Å². The van der Waals surface area contributed by atoms with Gasteiger partial charge in [0, 0.05) is 23.6 Å². The maximum Gasteiger partial charge on any atom is 0.341 e. The van der Waals surface area contributed by atoms with Crippen LogP contribution in [0.5, 0.6) is 5.75 Å². The number of alkyl halides is 2. The summed E-state index contributed by atoms with van der Waals surface area (Å²) >= 11 is 0. The number of fused-ring (bicyclic) bond motifs is 1. The predicted octanol–water partition coefficient (Wildman–Crippen LogP) is 2.51. The minimum atomic E-state index is -3.51. The Hall–Kier alpha value is -2.26. The Morgan fingerprint density at radius 3 is 2.48 bits per heavy atom. The predicted molar refractivity (Wildman–Crippen MR) is 91.8 cm³/mol. The van der Waals surface area contributed by atoms with Gasteiger partial charge in [0.1, 0.15) is 11.3 Å². The van der Waals surface area contributed by atoms with E-state index < -0.39 is 24.1 Å². The molecule has 0 bridgehead atoms. The van der Waals surface area contributed by atoms with Crippen molar-refractivity contribution in [1.29, 1.82) is 0 Å². The number of methoxy groups -OCH3 is 2. The highest BCUT2D eigenvalue weighted by atomic mass is 19.3. The van der Waals surface area contributed by atoms with E-state index in [0.717, 1.165) is 5.39 Å². The van der Waals surface area contributed by atoms with Crippen LogP contribution in [-0.2, 0) is 4.74 Å². The molecule has 0 aliphatic heterocycles. The van der Waals surface area contributed by atoms with Crippen LogP contribution in [-0.4, -0.2) is 52.4 Å². The van der Waals surface area contributed by atoms with E-state index in [1.54, 1.807) is 23.0 Å². The maximum absolute atomic E-state index is 13.8. The quantitative estimate of drug-likeness (QED) is 0.608. The first-order chi connectivity index (χ1) is 12.8. The van der Waals surface area contributed by atoms with Crippen molar-refractivity contribution in [3.8, 4) is 5.75 Å². The first-order valence-electron chi connectivity index (χ1n) is 8.67. The summed E-state index contributed by atoms with van der Waals surface area (Å²) in [5.41, 5.74) is 0.907. The van der Waals surface area contributed by atoms with E-state index >= 15 is 0 Å². The molecule has 0 atom stereocenters. The Balaban J connectivity index is 1.81. The van der Waals surface area contributed by atoms with Gasteiger partial charge in [-0.1, -0.05) is 0 Å². The smallest absolute Gasteiger partial charge is 0.341 e. The lowest BCUT2D eigenvalue weighted by molar-refractivity contribution is -0.238. The highest BCUT2D eigenvalue weighted by Crippen LogP contribution is 2.42. The largest absolute Gasteiger partial charge is 0.496 e. The number of aliphatic hydroxyl groups is 2. The second-order valence-corrected chi connectivity index (χ2v) is 6.77. The van der Waals surface area contributed by atoms with Crippen molar-refractivity contribution in [3.05, 3.63) is 23.9 Å². The summed E-state index contributed by atoms with van der Waals surface area (Å²) in [6.07, 6.45) is 0.357. The van der Waals surface area contributed by atoms with Crippen LogP contribution in [0.2, 0.25) is 0 Å². The van der Waals surface area contributed by atoms with E-state index in [2.05, 4.69) is 5.10 Å². The van der Waals surface area contributed by atoms with Gasteiger partial charge >= 0.3 is 5.97 Å². The lowest BCUT2D eigenvalue weighted by atomic mass is 9.82. The van der Waals surface area contributed by atoms with Gasteiger partial charge in [0.2, 0.25) is 6.29 Å². The SMILES string of the molecule is COC(=O)c1cc2cn(C3CCC(C(F)(F)C(O)O)CC3)nc2cc1OC. The average Bonchev–Trinajstić information content (AvgIpc) is 3.09. The Morgan fingerprint density at radius 1 is 1.26 bits per heavy atom. The third kappa shape index (κ3) is 3.61. The lowest BCUT2D eigenvalue weighted by Gasteiger charge is -2.34. The van der Waals surface area contributed by atoms with Gasteiger partial charge in [-0.05, 0) is 31.7 Å². The zero-order chi connectivity index (χ0) is 19.8. The van der Waals surface area contributed by atoms with Gasteiger partial charge in [-0.3, -0.25) is 4.68 Å². The number of hydrogen-bond acceptors (Lipinski definition) is 6. The van der Waals surface area contributed by atoms with Gasteiger partial charge in [-0.2, -0.15) is 5.10 Å². The Morgan fingerprint density at radius 2 is 1.93 bits per heavy atom. The summed E-state index contributed by atoms with van der Waals surface area (Å²) in [5, 5.41) is 23.0. The molecule has 27 heavy (non-hydrogen) atoms. The number of carbonyl (C=O) groups excluding carboxylic acids is 1. The molecule has 148 valence electrons. The van der Waals surface area contributed by atoms with Crippen LogP contribution in [0.1, 0.15) is 42.1 Å². The molecule has 1 aromatic carbocycles. The molecule has 1 aromatic heterocycles. The molecule has 1 aliphatic rings. The van der Waals surface area contributed by atoms with E-state index in [-0.39, 0.29) is 24.4 Å². The molecular weight excluding hydrogens is 362 g/mol. The number of benzene rings is 1. The van der Waals surface area contributed by atoms with Crippen molar-refractivity contribution in [2.45, 2.75) is 43.9 Å². The molecule has 0 spiro atoms. The lowest BCUT2D eigenvalue weighted by Crippen LogP contribution is -2.42. The highest BCUT2D eigenvalue weighted by molar-refractivity contribution is 5.97. The van der Waals surface area contributed by atoms with Crippen LogP contribution in [0, 0.1) is 5.92 Å². The van der Waals surface area contributed by atoms with Gasteiger partial charge in [0.15, 0.2) is 0 Å². The Kier molecular flexibility index (Phi) is 5.34. The van der Waals surface area contributed by atoms with Crippen molar-refractivity contribution < 1.29 is 33.3 Å². The summed E-state index contributed by atoms with van der Waals surface area (Å²) in [6, 6.07) is 3.19.